The highest BCUT2D eigenvalue weighted by atomic mass is 32.1. The van der Waals surface area contributed by atoms with Crippen LogP contribution in [0.15, 0.2) is 35.7 Å². The molecule has 2 aromatic rings. The summed E-state index contributed by atoms with van der Waals surface area (Å²) in [5.74, 6) is -0.177. The normalized spacial score (nSPS) is 12.6. The molecule has 0 fully saturated rings. The standard InChI is InChI=1S/C15H18FNS/c1-3-8-17-15(14-7-9-18-11(14)2)12-5-4-6-13(16)10-12/h4-7,9-10,15,17H,3,8H2,1-2H3. The van der Waals surface area contributed by atoms with E-state index in [1.54, 1.807) is 23.5 Å². The Hall–Kier alpha value is -1.19. The molecule has 0 aliphatic rings. The van der Waals surface area contributed by atoms with Crippen molar-refractivity contribution >= 4 is 11.3 Å². The van der Waals surface area contributed by atoms with E-state index in [1.807, 2.05) is 6.07 Å². The molecule has 0 saturated carbocycles. The second-order valence-electron chi connectivity index (χ2n) is 4.37. The van der Waals surface area contributed by atoms with E-state index in [2.05, 4.69) is 30.6 Å². The maximum Gasteiger partial charge on any atom is 0.123 e. The summed E-state index contributed by atoms with van der Waals surface area (Å²) >= 11 is 1.73. The fourth-order valence-corrected chi connectivity index (χ4v) is 2.82. The molecule has 0 amide bonds. The van der Waals surface area contributed by atoms with Crippen LogP contribution in [0.4, 0.5) is 4.39 Å². The Morgan fingerprint density at radius 2 is 2.17 bits per heavy atom. The van der Waals surface area contributed by atoms with Gasteiger partial charge in [0.05, 0.1) is 6.04 Å². The van der Waals surface area contributed by atoms with Crippen LogP contribution in [0.3, 0.4) is 0 Å². The Morgan fingerprint density at radius 3 is 2.78 bits per heavy atom. The first kappa shape index (κ1) is 13.2. The van der Waals surface area contributed by atoms with Gasteiger partial charge in [0, 0.05) is 4.88 Å². The van der Waals surface area contributed by atoms with E-state index in [4.69, 9.17) is 0 Å². The molecule has 1 aromatic heterocycles. The number of aryl methyl sites for hydroxylation is 1. The highest BCUT2D eigenvalue weighted by molar-refractivity contribution is 7.10. The average molecular weight is 263 g/mol. The molecule has 18 heavy (non-hydrogen) atoms. The van der Waals surface area contributed by atoms with Crippen molar-refractivity contribution in [3.05, 3.63) is 57.5 Å². The van der Waals surface area contributed by atoms with Crippen molar-refractivity contribution in [2.75, 3.05) is 6.54 Å². The predicted molar refractivity (Wildman–Crippen MR) is 75.6 cm³/mol. The number of hydrogen-bond donors (Lipinski definition) is 1. The first-order valence-electron chi connectivity index (χ1n) is 6.25. The van der Waals surface area contributed by atoms with Crippen LogP contribution >= 0.6 is 11.3 Å². The molecule has 0 radical (unpaired) electrons. The molecule has 1 heterocycles. The summed E-state index contributed by atoms with van der Waals surface area (Å²) in [6.07, 6.45) is 1.06. The predicted octanol–water partition coefficient (Wildman–Crippen LogP) is 4.28. The molecule has 1 nitrogen and oxygen atoms in total. The molecular formula is C15H18FNS. The number of halogens is 1. The Bertz CT molecular complexity index is 507. The molecule has 96 valence electrons. The van der Waals surface area contributed by atoms with Gasteiger partial charge in [-0.3, -0.25) is 0 Å². The third kappa shape index (κ3) is 2.98. The van der Waals surface area contributed by atoms with Gasteiger partial charge in [0.25, 0.3) is 0 Å². The second-order valence-corrected chi connectivity index (χ2v) is 5.49. The lowest BCUT2D eigenvalue weighted by Gasteiger charge is -2.19. The minimum absolute atomic E-state index is 0.0897. The number of rotatable bonds is 5. The van der Waals surface area contributed by atoms with Crippen molar-refractivity contribution in [3.63, 3.8) is 0 Å². The fraction of sp³-hybridized carbons (Fsp3) is 0.333. The first-order valence-corrected chi connectivity index (χ1v) is 7.13. The summed E-state index contributed by atoms with van der Waals surface area (Å²) in [5, 5.41) is 5.58. The Kier molecular flexibility index (Phi) is 4.50. The van der Waals surface area contributed by atoms with Crippen molar-refractivity contribution in [1.82, 2.24) is 5.32 Å². The quantitative estimate of drug-likeness (QED) is 0.848. The van der Waals surface area contributed by atoms with E-state index in [0.717, 1.165) is 18.5 Å². The van der Waals surface area contributed by atoms with Crippen LogP contribution in [0.2, 0.25) is 0 Å². The van der Waals surface area contributed by atoms with Crippen molar-refractivity contribution < 1.29 is 4.39 Å². The van der Waals surface area contributed by atoms with Crippen LogP contribution in [-0.2, 0) is 0 Å². The van der Waals surface area contributed by atoms with Crippen molar-refractivity contribution in [3.8, 4) is 0 Å². The number of thiophene rings is 1. The lowest BCUT2D eigenvalue weighted by atomic mass is 9.99. The SMILES string of the molecule is CCCNC(c1cccc(F)c1)c1ccsc1C. The van der Waals surface area contributed by atoms with Gasteiger partial charge in [-0.05, 0) is 54.6 Å². The zero-order valence-corrected chi connectivity index (χ0v) is 11.6. The largest absolute Gasteiger partial charge is 0.306 e. The maximum absolute atomic E-state index is 13.4. The van der Waals surface area contributed by atoms with Gasteiger partial charge >= 0.3 is 0 Å². The molecule has 0 bridgehead atoms. The number of nitrogens with one attached hydrogen (secondary N) is 1. The molecule has 1 unspecified atom stereocenters. The molecule has 1 atom stereocenters. The van der Waals surface area contributed by atoms with Crippen molar-refractivity contribution in [2.45, 2.75) is 26.3 Å². The van der Waals surface area contributed by atoms with Crippen LogP contribution in [0.25, 0.3) is 0 Å². The second kappa shape index (κ2) is 6.12. The zero-order valence-electron chi connectivity index (χ0n) is 10.7. The summed E-state index contributed by atoms with van der Waals surface area (Å²) in [6.45, 7) is 5.17. The zero-order chi connectivity index (χ0) is 13.0. The minimum atomic E-state index is -0.177. The average Bonchev–Trinajstić information content (AvgIpc) is 2.77. The van der Waals surface area contributed by atoms with Crippen LogP contribution < -0.4 is 5.32 Å². The summed E-state index contributed by atoms with van der Waals surface area (Å²) in [5.41, 5.74) is 2.24. The van der Waals surface area contributed by atoms with E-state index in [0.29, 0.717) is 0 Å². The van der Waals surface area contributed by atoms with Crippen LogP contribution in [0.1, 0.15) is 35.4 Å². The molecule has 0 aliphatic carbocycles. The lowest BCUT2D eigenvalue weighted by molar-refractivity contribution is 0.585. The third-order valence-corrected chi connectivity index (χ3v) is 3.85. The van der Waals surface area contributed by atoms with E-state index in [9.17, 15) is 4.39 Å². The summed E-state index contributed by atoms with van der Waals surface area (Å²) < 4.78 is 13.4. The van der Waals surface area contributed by atoms with Crippen molar-refractivity contribution in [1.29, 1.82) is 0 Å². The molecule has 1 aromatic carbocycles. The molecule has 0 saturated heterocycles. The van der Waals surface area contributed by atoms with Crippen LogP contribution in [-0.4, -0.2) is 6.54 Å². The van der Waals surface area contributed by atoms with Gasteiger partial charge in [-0.15, -0.1) is 11.3 Å². The highest BCUT2D eigenvalue weighted by Gasteiger charge is 2.16. The van der Waals surface area contributed by atoms with Gasteiger partial charge < -0.3 is 5.32 Å². The van der Waals surface area contributed by atoms with Gasteiger partial charge in [-0.2, -0.15) is 0 Å². The minimum Gasteiger partial charge on any atom is -0.306 e. The third-order valence-electron chi connectivity index (χ3n) is 2.99. The van der Waals surface area contributed by atoms with Gasteiger partial charge in [-0.25, -0.2) is 4.39 Å². The van der Waals surface area contributed by atoms with Gasteiger partial charge in [0.1, 0.15) is 5.82 Å². The number of hydrogen-bond acceptors (Lipinski definition) is 2. The highest BCUT2D eigenvalue weighted by Crippen LogP contribution is 2.28. The summed E-state index contributed by atoms with van der Waals surface area (Å²) in [7, 11) is 0. The lowest BCUT2D eigenvalue weighted by Crippen LogP contribution is -2.23. The van der Waals surface area contributed by atoms with Gasteiger partial charge in [0.2, 0.25) is 0 Å². The molecular weight excluding hydrogens is 245 g/mol. The van der Waals surface area contributed by atoms with E-state index < -0.39 is 0 Å². The van der Waals surface area contributed by atoms with E-state index >= 15 is 0 Å². The van der Waals surface area contributed by atoms with Crippen molar-refractivity contribution in [2.24, 2.45) is 0 Å². The Labute approximate surface area is 112 Å². The molecule has 3 heteroatoms. The Balaban J connectivity index is 2.33. The monoisotopic (exact) mass is 263 g/mol. The smallest absolute Gasteiger partial charge is 0.123 e. The van der Waals surface area contributed by atoms with Gasteiger partial charge in [0.15, 0.2) is 0 Å². The Morgan fingerprint density at radius 1 is 1.33 bits per heavy atom. The maximum atomic E-state index is 13.4. The molecule has 0 spiro atoms. The molecule has 0 aliphatic heterocycles. The summed E-state index contributed by atoms with van der Waals surface area (Å²) in [6, 6.07) is 9.07. The summed E-state index contributed by atoms with van der Waals surface area (Å²) in [4.78, 5) is 1.29. The van der Waals surface area contributed by atoms with Gasteiger partial charge in [-0.1, -0.05) is 19.1 Å². The number of benzene rings is 1. The first-order chi connectivity index (χ1) is 8.72. The fourth-order valence-electron chi connectivity index (χ4n) is 2.08. The molecule has 2 rings (SSSR count). The van der Waals surface area contributed by atoms with E-state index in [-0.39, 0.29) is 11.9 Å². The van der Waals surface area contributed by atoms with E-state index in [1.165, 1.54) is 16.5 Å². The van der Waals surface area contributed by atoms with Crippen LogP contribution in [0.5, 0.6) is 0 Å². The van der Waals surface area contributed by atoms with Crippen LogP contribution in [0, 0.1) is 12.7 Å². The topological polar surface area (TPSA) is 12.0 Å². The molecule has 1 N–H and O–H groups in total.